The number of hydrogen-bond acceptors (Lipinski definition) is 1. The first-order valence-electron chi connectivity index (χ1n) is 19.5. The molecule has 10 rings (SSSR count). The molecule has 9 aromatic rings. The van der Waals surface area contributed by atoms with Gasteiger partial charge < -0.3 is 4.90 Å². The van der Waals surface area contributed by atoms with Crippen molar-refractivity contribution in [2.45, 2.75) is 19.3 Å². The maximum absolute atomic E-state index is 2.41. The number of nitrogens with zero attached hydrogens (tertiary/aromatic N) is 1. The van der Waals surface area contributed by atoms with Gasteiger partial charge in [-0.05, 0) is 120 Å². The highest BCUT2D eigenvalue weighted by atomic mass is 15.1. The van der Waals surface area contributed by atoms with Crippen molar-refractivity contribution in [3.8, 4) is 55.6 Å². The smallest absolute Gasteiger partial charge is 0.0468 e. The molecule has 0 saturated heterocycles. The van der Waals surface area contributed by atoms with E-state index >= 15 is 0 Å². The Labute approximate surface area is 329 Å². The lowest BCUT2D eigenvalue weighted by atomic mass is 9.81. The second kappa shape index (κ2) is 13.7. The first kappa shape index (κ1) is 33.6. The van der Waals surface area contributed by atoms with E-state index in [-0.39, 0.29) is 5.41 Å². The van der Waals surface area contributed by atoms with Gasteiger partial charge in [-0.25, -0.2) is 0 Å². The van der Waals surface area contributed by atoms with Crippen molar-refractivity contribution in [3.05, 3.63) is 223 Å². The van der Waals surface area contributed by atoms with Gasteiger partial charge in [0.15, 0.2) is 0 Å². The Hall–Kier alpha value is -6.96. The minimum atomic E-state index is -0.0424. The van der Waals surface area contributed by atoms with Crippen molar-refractivity contribution in [3.63, 3.8) is 0 Å². The number of anilines is 3. The van der Waals surface area contributed by atoms with Crippen molar-refractivity contribution in [1.82, 2.24) is 0 Å². The van der Waals surface area contributed by atoms with Crippen LogP contribution in [-0.2, 0) is 5.41 Å². The monoisotopic (exact) mass is 715 g/mol. The highest BCUT2D eigenvalue weighted by Gasteiger charge is 2.35. The maximum atomic E-state index is 2.41. The molecular weight excluding hydrogens is 675 g/mol. The van der Waals surface area contributed by atoms with Gasteiger partial charge in [0.1, 0.15) is 0 Å². The predicted molar refractivity (Wildman–Crippen MR) is 238 cm³/mol. The Morgan fingerprint density at radius 2 is 0.804 bits per heavy atom. The molecule has 1 aliphatic rings. The van der Waals surface area contributed by atoms with Crippen LogP contribution in [0.1, 0.15) is 25.0 Å². The van der Waals surface area contributed by atoms with Crippen molar-refractivity contribution in [1.29, 1.82) is 0 Å². The van der Waals surface area contributed by atoms with E-state index in [4.69, 9.17) is 0 Å². The lowest BCUT2D eigenvalue weighted by molar-refractivity contribution is 0.660. The maximum Gasteiger partial charge on any atom is 0.0468 e. The van der Waals surface area contributed by atoms with Crippen LogP contribution in [0.3, 0.4) is 0 Å². The van der Waals surface area contributed by atoms with E-state index in [2.05, 4.69) is 231 Å². The van der Waals surface area contributed by atoms with Gasteiger partial charge in [0.2, 0.25) is 0 Å². The van der Waals surface area contributed by atoms with Crippen molar-refractivity contribution >= 4 is 27.8 Å². The Kier molecular flexibility index (Phi) is 8.23. The van der Waals surface area contributed by atoms with E-state index in [0.717, 1.165) is 17.1 Å². The van der Waals surface area contributed by atoms with Gasteiger partial charge in [-0.2, -0.15) is 0 Å². The summed E-state index contributed by atoms with van der Waals surface area (Å²) in [4.78, 5) is 2.39. The lowest BCUT2D eigenvalue weighted by Gasteiger charge is -2.27. The molecule has 1 nitrogen and oxygen atoms in total. The Bertz CT molecular complexity index is 2840. The summed E-state index contributed by atoms with van der Waals surface area (Å²) in [6, 6.07) is 77.5. The quantitative estimate of drug-likeness (QED) is 0.159. The number of benzene rings is 9. The van der Waals surface area contributed by atoms with E-state index in [1.807, 2.05) is 0 Å². The molecule has 9 aromatic carbocycles. The second-order valence-corrected chi connectivity index (χ2v) is 15.3. The highest BCUT2D eigenvalue weighted by molar-refractivity contribution is 5.97. The summed E-state index contributed by atoms with van der Waals surface area (Å²) in [6.07, 6.45) is 0. The molecule has 0 heterocycles. The van der Waals surface area contributed by atoms with Crippen LogP contribution in [0.15, 0.2) is 212 Å². The molecule has 0 saturated carbocycles. The molecule has 1 aliphatic carbocycles. The van der Waals surface area contributed by atoms with Crippen LogP contribution in [0, 0.1) is 0 Å². The summed E-state index contributed by atoms with van der Waals surface area (Å²) in [6.45, 7) is 4.70. The summed E-state index contributed by atoms with van der Waals surface area (Å²) in [5, 5.41) is 2.51. The van der Waals surface area contributed by atoms with Crippen LogP contribution in [0.5, 0.6) is 0 Å². The molecule has 0 N–H and O–H groups in total. The molecule has 1 heteroatoms. The Morgan fingerprint density at radius 3 is 1.54 bits per heavy atom. The van der Waals surface area contributed by atoms with E-state index in [1.54, 1.807) is 0 Å². The molecule has 0 radical (unpaired) electrons. The van der Waals surface area contributed by atoms with Crippen molar-refractivity contribution in [2.24, 2.45) is 0 Å². The molecule has 0 aliphatic heterocycles. The van der Waals surface area contributed by atoms with Crippen LogP contribution in [0.4, 0.5) is 17.1 Å². The molecule has 0 atom stereocenters. The fourth-order valence-electron chi connectivity index (χ4n) is 8.80. The molecule has 0 amide bonds. The van der Waals surface area contributed by atoms with E-state index in [9.17, 15) is 0 Å². The SMILES string of the molecule is CC1(C)c2ccccc2-c2ccc(-c3ccc(N(c4ccc(-c5cccc6ccccc56)cc4)c4ccc(-c5ccccc5)c(-c5ccccc5)c4)cc3)cc21. The van der Waals surface area contributed by atoms with Gasteiger partial charge >= 0.3 is 0 Å². The third-order valence-electron chi connectivity index (χ3n) is 11.7. The number of rotatable bonds is 7. The number of fused-ring (bicyclic) bond motifs is 4. The highest BCUT2D eigenvalue weighted by Crippen LogP contribution is 2.50. The van der Waals surface area contributed by atoms with Gasteiger partial charge in [0.25, 0.3) is 0 Å². The van der Waals surface area contributed by atoms with E-state index in [0.29, 0.717) is 0 Å². The topological polar surface area (TPSA) is 3.24 Å². The zero-order valence-electron chi connectivity index (χ0n) is 31.7. The van der Waals surface area contributed by atoms with Gasteiger partial charge in [0.05, 0.1) is 0 Å². The zero-order chi connectivity index (χ0) is 37.6. The largest absolute Gasteiger partial charge is 0.310 e. The summed E-state index contributed by atoms with van der Waals surface area (Å²) in [5.74, 6) is 0. The van der Waals surface area contributed by atoms with Crippen LogP contribution >= 0.6 is 0 Å². The number of hydrogen-bond donors (Lipinski definition) is 0. The minimum absolute atomic E-state index is 0.0424. The lowest BCUT2D eigenvalue weighted by Crippen LogP contribution is -2.14. The average Bonchev–Trinajstić information content (AvgIpc) is 3.50. The molecule has 0 bridgehead atoms. The minimum Gasteiger partial charge on any atom is -0.310 e. The van der Waals surface area contributed by atoms with Crippen molar-refractivity contribution < 1.29 is 0 Å². The standard InChI is InChI=1S/C55H41N/c1-55(2)53-23-12-11-21-50(53)51-34-28-43(36-54(51)55)38-24-29-44(30-25-38)56(45-31-26-42(27-32-45)48-22-13-19-40-18-9-10-20-47(40)48)46-33-35-49(39-14-5-3-6-15-39)52(37-46)41-16-7-4-8-17-41/h3-37H,1-2H3. The van der Waals surface area contributed by atoms with Gasteiger partial charge in [-0.3, -0.25) is 0 Å². The molecular formula is C55H41N. The summed E-state index contributed by atoms with van der Waals surface area (Å²) >= 11 is 0. The van der Waals surface area contributed by atoms with Crippen molar-refractivity contribution in [2.75, 3.05) is 4.90 Å². The summed E-state index contributed by atoms with van der Waals surface area (Å²) in [7, 11) is 0. The Balaban J connectivity index is 1.08. The normalized spacial score (nSPS) is 12.6. The third-order valence-corrected chi connectivity index (χ3v) is 11.7. The van der Waals surface area contributed by atoms with Gasteiger partial charge in [-0.15, -0.1) is 0 Å². The van der Waals surface area contributed by atoms with Crippen LogP contribution in [-0.4, -0.2) is 0 Å². The first-order chi connectivity index (χ1) is 27.5. The summed E-state index contributed by atoms with van der Waals surface area (Å²) < 4.78 is 0. The van der Waals surface area contributed by atoms with E-state index < -0.39 is 0 Å². The molecule has 0 unspecified atom stereocenters. The van der Waals surface area contributed by atoms with Crippen LogP contribution in [0.25, 0.3) is 66.4 Å². The summed E-state index contributed by atoms with van der Waals surface area (Å²) in [5.41, 5.74) is 18.4. The third kappa shape index (κ3) is 5.81. The molecule has 56 heavy (non-hydrogen) atoms. The van der Waals surface area contributed by atoms with Crippen LogP contribution < -0.4 is 4.90 Å². The van der Waals surface area contributed by atoms with Crippen LogP contribution in [0.2, 0.25) is 0 Å². The van der Waals surface area contributed by atoms with E-state index in [1.165, 1.54) is 77.5 Å². The predicted octanol–water partition coefficient (Wildman–Crippen LogP) is 15.3. The average molecular weight is 716 g/mol. The molecule has 266 valence electrons. The zero-order valence-corrected chi connectivity index (χ0v) is 31.7. The van der Waals surface area contributed by atoms with Gasteiger partial charge in [0, 0.05) is 22.5 Å². The molecule has 0 aromatic heterocycles. The molecule has 0 fully saturated rings. The first-order valence-corrected chi connectivity index (χ1v) is 19.5. The molecule has 0 spiro atoms. The fraction of sp³-hybridized carbons (Fsp3) is 0.0545. The second-order valence-electron chi connectivity index (χ2n) is 15.3. The Morgan fingerprint density at radius 1 is 0.304 bits per heavy atom. The fourth-order valence-corrected chi connectivity index (χ4v) is 8.80. The van der Waals surface area contributed by atoms with Gasteiger partial charge in [-0.1, -0.05) is 184 Å².